The van der Waals surface area contributed by atoms with Crippen molar-refractivity contribution >= 4 is 50.6 Å². The van der Waals surface area contributed by atoms with Gasteiger partial charge in [-0.25, -0.2) is 0 Å². The standard InChI is InChI=1S/C30H20ClNO/c31-27-18-17-25-26-20-24(32(22-12-6-2-7-13-22)23-14-8-3-9-15-23)16-19-28(26)33-30(25)29(27)21-10-4-1-5-11-21/h1-20H. The largest absolute Gasteiger partial charge is 0.455 e. The van der Waals surface area contributed by atoms with Gasteiger partial charge in [-0.3, -0.25) is 0 Å². The van der Waals surface area contributed by atoms with Gasteiger partial charge in [-0.1, -0.05) is 78.3 Å². The van der Waals surface area contributed by atoms with E-state index < -0.39 is 0 Å². The van der Waals surface area contributed by atoms with E-state index in [9.17, 15) is 0 Å². The molecule has 6 rings (SSSR count). The van der Waals surface area contributed by atoms with Crippen LogP contribution in [0.5, 0.6) is 0 Å². The Morgan fingerprint density at radius 3 is 1.79 bits per heavy atom. The van der Waals surface area contributed by atoms with Gasteiger partial charge in [0.25, 0.3) is 0 Å². The maximum Gasteiger partial charge on any atom is 0.144 e. The van der Waals surface area contributed by atoms with Gasteiger partial charge in [-0.15, -0.1) is 0 Å². The number of fused-ring (bicyclic) bond motifs is 3. The first kappa shape index (κ1) is 19.7. The number of nitrogens with zero attached hydrogens (tertiary/aromatic N) is 1. The molecule has 2 nitrogen and oxygen atoms in total. The van der Waals surface area contributed by atoms with Gasteiger partial charge in [-0.2, -0.15) is 0 Å². The van der Waals surface area contributed by atoms with E-state index >= 15 is 0 Å². The Morgan fingerprint density at radius 1 is 0.545 bits per heavy atom. The number of halogens is 1. The summed E-state index contributed by atoms with van der Waals surface area (Å²) < 4.78 is 6.36. The van der Waals surface area contributed by atoms with Gasteiger partial charge in [0.2, 0.25) is 0 Å². The highest BCUT2D eigenvalue weighted by Crippen LogP contribution is 2.42. The van der Waals surface area contributed by atoms with Gasteiger partial charge in [0.15, 0.2) is 0 Å². The fourth-order valence-corrected chi connectivity index (χ4v) is 4.68. The van der Waals surface area contributed by atoms with Crippen molar-refractivity contribution in [2.45, 2.75) is 0 Å². The smallest absolute Gasteiger partial charge is 0.144 e. The van der Waals surface area contributed by atoms with E-state index in [1.54, 1.807) is 0 Å². The summed E-state index contributed by atoms with van der Waals surface area (Å²) in [4.78, 5) is 2.26. The predicted molar refractivity (Wildman–Crippen MR) is 139 cm³/mol. The van der Waals surface area contributed by atoms with E-state index in [0.29, 0.717) is 5.02 Å². The van der Waals surface area contributed by atoms with Crippen molar-refractivity contribution < 1.29 is 4.42 Å². The van der Waals surface area contributed by atoms with Crippen LogP contribution in [0.25, 0.3) is 33.1 Å². The molecule has 0 unspecified atom stereocenters. The molecule has 158 valence electrons. The molecule has 33 heavy (non-hydrogen) atoms. The molecule has 0 bridgehead atoms. The highest BCUT2D eigenvalue weighted by atomic mass is 35.5. The summed E-state index contributed by atoms with van der Waals surface area (Å²) in [5, 5.41) is 2.80. The Morgan fingerprint density at radius 2 is 1.15 bits per heavy atom. The number of rotatable bonds is 4. The third-order valence-electron chi connectivity index (χ3n) is 5.92. The minimum Gasteiger partial charge on any atom is -0.455 e. The summed E-state index contributed by atoms with van der Waals surface area (Å²) >= 11 is 6.64. The van der Waals surface area contributed by atoms with Crippen molar-refractivity contribution in [3.8, 4) is 11.1 Å². The van der Waals surface area contributed by atoms with Crippen LogP contribution < -0.4 is 4.90 Å². The SMILES string of the molecule is Clc1ccc2c(oc3ccc(N(c4ccccc4)c4ccccc4)cc32)c1-c1ccccc1. The first-order chi connectivity index (χ1) is 16.3. The fraction of sp³-hybridized carbons (Fsp3) is 0. The molecule has 6 aromatic rings. The summed E-state index contributed by atoms with van der Waals surface area (Å²) in [5.41, 5.74) is 6.89. The van der Waals surface area contributed by atoms with Crippen LogP contribution in [0.1, 0.15) is 0 Å². The third-order valence-corrected chi connectivity index (χ3v) is 6.24. The zero-order valence-electron chi connectivity index (χ0n) is 17.8. The van der Waals surface area contributed by atoms with Crippen molar-refractivity contribution in [3.05, 3.63) is 126 Å². The van der Waals surface area contributed by atoms with Crippen molar-refractivity contribution in [2.75, 3.05) is 4.90 Å². The van der Waals surface area contributed by atoms with Crippen LogP contribution in [0.4, 0.5) is 17.1 Å². The minimum absolute atomic E-state index is 0.683. The molecule has 0 spiro atoms. The van der Waals surface area contributed by atoms with Crippen molar-refractivity contribution in [1.82, 2.24) is 0 Å². The second-order valence-corrected chi connectivity index (χ2v) is 8.36. The lowest BCUT2D eigenvalue weighted by molar-refractivity contribution is 0.670. The van der Waals surface area contributed by atoms with E-state index in [1.165, 1.54) is 0 Å². The lowest BCUT2D eigenvalue weighted by Crippen LogP contribution is -2.09. The summed E-state index contributed by atoms with van der Waals surface area (Å²) in [6.45, 7) is 0. The van der Waals surface area contributed by atoms with E-state index in [1.807, 2.05) is 42.5 Å². The first-order valence-corrected chi connectivity index (χ1v) is 11.3. The van der Waals surface area contributed by atoms with Crippen molar-refractivity contribution in [1.29, 1.82) is 0 Å². The zero-order valence-corrected chi connectivity index (χ0v) is 18.5. The monoisotopic (exact) mass is 445 g/mol. The summed E-state index contributed by atoms with van der Waals surface area (Å²) in [5.74, 6) is 0. The molecule has 0 N–H and O–H groups in total. The van der Waals surface area contributed by atoms with Crippen LogP contribution in [0.15, 0.2) is 126 Å². The predicted octanol–water partition coefficient (Wildman–Crippen LogP) is 9.38. The number of para-hydroxylation sites is 2. The Hall–Kier alpha value is -4.01. The summed E-state index contributed by atoms with van der Waals surface area (Å²) in [6, 6.07) is 41.3. The van der Waals surface area contributed by atoms with E-state index in [4.69, 9.17) is 16.0 Å². The van der Waals surface area contributed by atoms with Gasteiger partial charge >= 0.3 is 0 Å². The number of hydrogen-bond donors (Lipinski definition) is 0. The van der Waals surface area contributed by atoms with E-state index in [-0.39, 0.29) is 0 Å². The Labute approximate surface area is 197 Å². The highest BCUT2D eigenvalue weighted by Gasteiger charge is 2.18. The van der Waals surface area contributed by atoms with Gasteiger partial charge in [-0.05, 0) is 60.2 Å². The van der Waals surface area contributed by atoms with Crippen LogP contribution >= 0.6 is 11.6 Å². The molecular weight excluding hydrogens is 426 g/mol. The normalized spacial score (nSPS) is 11.2. The van der Waals surface area contributed by atoms with Crippen molar-refractivity contribution in [3.63, 3.8) is 0 Å². The molecule has 5 aromatic carbocycles. The van der Waals surface area contributed by atoms with Gasteiger partial charge in [0, 0.05) is 33.4 Å². The second-order valence-electron chi connectivity index (χ2n) is 7.95. The lowest BCUT2D eigenvalue weighted by atomic mass is 10.0. The molecule has 0 atom stereocenters. The Balaban J connectivity index is 1.58. The molecule has 1 heterocycles. The topological polar surface area (TPSA) is 16.4 Å². The number of anilines is 3. The molecule has 0 aliphatic carbocycles. The number of furan rings is 1. The minimum atomic E-state index is 0.683. The van der Waals surface area contributed by atoms with Crippen LogP contribution in [-0.2, 0) is 0 Å². The van der Waals surface area contributed by atoms with E-state index in [0.717, 1.165) is 50.1 Å². The molecule has 0 aliphatic rings. The Bertz CT molecular complexity index is 1520. The summed E-state index contributed by atoms with van der Waals surface area (Å²) in [6.07, 6.45) is 0. The quantitative estimate of drug-likeness (QED) is 0.268. The maximum absolute atomic E-state index is 6.64. The second kappa shape index (κ2) is 8.16. The molecule has 1 aromatic heterocycles. The fourth-order valence-electron chi connectivity index (χ4n) is 4.42. The lowest BCUT2D eigenvalue weighted by Gasteiger charge is -2.25. The highest BCUT2D eigenvalue weighted by molar-refractivity contribution is 6.35. The third kappa shape index (κ3) is 3.45. The molecular formula is C30H20ClNO. The molecule has 0 radical (unpaired) electrons. The molecule has 0 saturated carbocycles. The Kier molecular flexibility index (Phi) is 4.86. The molecule has 3 heteroatoms. The first-order valence-electron chi connectivity index (χ1n) is 10.9. The van der Waals surface area contributed by atoms with Crippen LogP contribution in [0.2, 0.25) is 5.02 Å². The van der Waals surface area contributed by atoms with Crippen molar-refractivity contribution in [2.24, 2.45) is 0 Å². The van der Waals surface area contributed by atoms with Crippen LogP contribution in [-0.4, -0.2) is 0 Å². The maximum atomic E-state index is 6.64. The van der Waals surface area contributed by atoms with E-state index in [2.05, 4.69) is 83.8 Å². The van der Waals surface area contributed by atoms with Crippen LogP contribution in [0, 0.1) is 0 Å². The van der Waals surface area contributed by atoms with Gasteiger partial charge in [0.1, 0.15) is 11.2 Å². The number of hydrogen-bond acceptors (Lipinski definition) is 2. The number of benzene rings is 5. The molecule has 0 aliphatic heterocycles. The van der Waals surface area contributed by atoms with Gasteiger partial charge < -0.3 is 9.32 Å². The average Bonchev–Trinajstić information content (AvgIpc) is 3.24. The molecule has 0 fully saturated rings. The summed E-state index contributed by atoms with van der Waals surface area (Å²) in [7, 11) is 0. The van der Waals surface area contributed by atoms with Crippen LogP contribution in [0.3, 0.4) is 0 Å². The zero-order chi connectivity index (χ0) is 22.2. The van der Waals surface area contributed by atoms with Gasteiger partial charge in [0.05, 0.1) is 5.02 Å². The molecule has 0 amide bonds. The average molecular weight is 446 g/mol. The molecule has 0 saturated heterocycles.